The Morgan fingerprint density at radius 1 is 0.889 bits per heavy atom. The van der Waals surface area contributed by atoms with Crippen LogP contribution in [0.2, 0.25) is 0 Å². The van der Waals surface area contributed by atoms with Gasteiger partial charge in [-0.25, -0.2) is 0 Å². The molecule has 2 rings (SSSR count). The van der Waals surface area contributed by atoms with Gasteiger partial charge in [-0.3, -0.25) is 0 Å². The number of aromatic hydroxyl groups is 1. The van der Waals surface area contributed by atoms with Gasteiger partial charge in [-0.15, -0.1) is 0 Å². The fraction of sp³-hybridized carbons (Fsp3) is 0.250. The van der Waals surface area contributed by atoms with Crippen molar-refractivity contribution in [3.05, 3.63) is 54.1 Å². The van der Waals surface area contributed by atoms with E-state index in [0.29, 0.717) is 5.75 Å². The van der Waals surface area contributed by atoms with Crippen LogP contribution < -0.4 is 4.74 Å². The first-order chi connectivity index (χ1) is 8.47. The number of rotatable bonds is 2. The monoisotopic (exact) mass is 242 g/mol. The summed E-state index contributed by atoms with van der Waals surface area (Å²) in [5.41, 5.74) is 0.845. The quantitative estimate of drug-likeness (QED) is 0.841. The molecule has 0 aromatic heterocycles. The number of benzene rings is 2. The van der Waals surface area contributed by atoms with Crippen LogP contribution in [0, 0.1) is 0 Å². The molecule has 0 heterocycles. The van der Waals surface area contributed by atoms with Crippen molar-refractivity contribution in [3.63, 3.8) is 0 Å². The predicted octanol–water partition coefficient (Wildman–Crippen LogP) is 4.48. The molecule has 2 nitrogen and oxygen atoms in total. The summed E-state index contributed by atoms with van der Waals surface area (Å²) >= 11 is 0. The van der Waals surface area contributed by atoms with Gasteiger partial charge in [-0.2, -0.15) is 0 Å². The van der Waals surface area contributed by atoms with Crippen molar-refractivity contribution in [2.24, 2.45) is 0 Å². The summed E-state index contributed by atoms with van der Waals surface area (Å²) in [5, 5.41) is 10.0. The highest BCUT2D eigenvalue weighted by molar-refractivity contribution is 5.44. The Labute approximate surface area is 108 Å². The van der Waals surface area contributed by atoms with E-state index in [2.05, 4.69) is 20.8 Å². The zero-order valence-corrected chi connectivity index (χ0v) is 11.0. The summed E-state index contributed by atoms with van der Waals surface area (Å²) in [6, 6.07) is 15.0. The van der Waals surface area contributed by atoms with Crippen molar-refractivity contribution >= 4 is 0 Å². The summed E-state index contributed by atoms with van der Waals surface area (Å²) < 4.78 is 5.67. The summed E-state index contributed by atoms with van der Waals surface area (Å²) in [6.45, 7) is 6.21. The van der Waals surface area contributed by atoms with E-state index in [0.717, 1.165) is 11.3 Å². The molecule has 0 aliphatic rings. The molecule has 0 fully saturated rings. The average molecular weight is 242 g/mol. The molecule has 0 aliphatic heterocycles. The van der Waals surface area contributed by atoms with Crippen LogP contribution in [-0.4, -0.2) is 5.11 Å². The van der Waals surface area contributed by atoms with Gasteiger partial charge in [-0.1, -0.05) is 45.0 Å². The molecule has 0 aliphatic carbocycles. The third-order valence-corrected chi connectivity index (χ3v) is 2.76. The molecule has 0 radical (unpaired) electrons. The number of hydrogen-bond donors (Lipinski definition) is 1. The van der Waals surface area contributed by atoms with Crippen LogP contribution >= 0.6 is 0 Å². The summed E-state index contributed by atoms with van der Waals surface area (Å²) in [6.07, 6.45) is 0. The lowest BCUT2D eigenvalue weighted by Crippen LogP contribution is -2.11. The van der Waals surface area contributed by atoms with Gasteiger partial charge in [0, 0.05) is 6.07 Å². The number of phenols is 1. The lowest BCUT2D eigenvalue weighted by Gasteiger charge is -2.20. The van der Waals surface area contributed by atoms with Crippen molar-refractivity contribution in [1.29, 1.82) is 0 Å². The summed E-state index contributed by atoms with van der Waals surface area (Å²) in [4.78, 5) is 0. The van der Waals surface area contributed by atoms with E-state index >= 15 is 0 Å². The zero-order chi connectivity index (χ0) is 13.2. The van der Waals surface area contributed by atoms with Gasteiger partial charge in [0.1, 0.15) is 17.2 Å². The minimum absolute atomic E-state index is 0.0740. The number of phenolic OH excluding ortho intramolecular Hbond substituents is 1. The second-order valence-electron chi connectivity index (χ2n) is 5.34. The fourth-order valence-electron chi connectivity index (χ4n) is 1.83. The van der Waals surface area contributed by atoms with E-state index in [1.165, 1.54) is 0 Å². The third kappa shape index (κ3) is 2.83. The van der Waals surface area contributed by atoms with Gasteiger partial charge in [0.15, 0.2) is 0 Å². The molecule has 0 unspecified atom stereocenters. The van der Waals surface area contributed by atoms with Crippen molar-refractivity contribution in [2.75, 3.05) is 0 Å². The van der Waals surface area contributed by atoms with Gasteiger partial charge in [-0.05, 0) is 29.2 Å². The van der Waals surface area contributed by atoms with Crippen LogP contribution in [0.1, 0.15) is 26.3 Å². The molecule has 0 atom stereocenters. The second-order valence-corrected chi connectivity index (χ2v) is 5.34. The number of ether oxygens (including phenoxy) is 1. The van der Waals surface area contributed by atoms with Crippen molar-refractivity contribution in [3.8, 4) is 17.2 Å². The molecule has 94 valence electrons. The molecule has 0 saturated heterocycles. The average Bonchev–Trinajstić information content (AvgIpc) is 2.28. The first-order valence-corrected chi connectivity index (χ1v) is 6.03. The van der Waals surface area contributed by atoms with Gasteiger partial charge in [0.2, 0.25) is 0 Å². The third-order valence-electron chi connectivity index (χ3n) is 2.76. The molecule has 18 heavy (non-hydrogen) atoms. The first-order valence-electron chi connectivity index (χ1n) is 6.03. The van der Waals surface area contributed by atoms with E-state index in [9.17, 15) is 5.11 Å². The number of hydrogen-bond acceptors (Lipinski definition) is 2. The number of para-hydroxylation sites is 1. The maximum Gasteiger partial charge on any atom is 0.131 e. The first kappa shape index (κ1) is 12.5. The van der Waals surface area contributed by atoms with Crippen LogP contribution in [0.4, 0.5) is 0 Å². The van der Waals surface area contributed by atoms with Crippen LogP contribution in [0.3, 0.4) is 0 Å². The summed E-state index contributed by atoms with van der Waals surface area (Å²) in [5.74, 6) is 1.68. The van der Waals surface area contributed by atoms with Crippen LogP contribution in [0.15, 0.2) is 48.5 Å². The van der Waals surface area contributed by atoms with E-state index in [1.54, 1.807) is 6.07 Å². The molecule has 1 N–H and O–H groups in total. The largest absolute Gasteiger partial charge is 0.508 e. The molecule has 0 spiro atoms. The molecule has 2 heteroatoms. The Kier molecular flexibility index (Phi) is 3.28. The Morgan fingerprint density at radius 3 is 2.11 bits per heavy atom. The van der Waals surface area contributed by atoms with Gasteiger partial charge in [0.25, 0.3) is 0 Å². The smallest absolute Gasteiger partial charge is 0.131 e. The molecule has 2 aromatic rings. The lowest BCUT2D eigenvalue weighted by molar-refractivity contribution is 0.434. The zero-order valence-electron chi connectivity index (χ0n) is 11.0. The van der Waals surface area contributed by atoms with Gasteiger partial charge < -0.3 is 9.84 Å². The van der Waals surface area contributed by atoms with E-state index in [-0.39, 0.29) is 11.2 Å². The van der Waals surface area contributed by atoms with Crippen LogP contribution in [0.25, 0.3) is 0 Å². The van der Waals surface area contributed by atoms with E-state index in [4.69, 9.17) is 4.74 Å². The fourth-order valence-corrected chi connectivity index (χ4v) is 1.83. The minimum atomic E-state index is -0.0740. The van der Waals surface area contributed by atoms with Crippen LogP contribution in [-0.2, 0) is 5.41 Å². The van der Waals surface area contributed by atoms with Crippen LogP contribution in [0.5, 0.6) is 17.2 Å². The highest BCUT2D eigenvalue weighted by atomic mass is 16.5. The standard InChI is InChI=1S/C16H18O2/c1-16(2,3)14-10-9-13(11-15(14)17)18-12-7-5-4-6-8-12/h4-11,17H,1-3H3. The van der Waals surface area contributed by atoms with E-state index < -0.39 is 0 Å². The Balaban J connectivity index is 2.25. The summed E-state index contributed by atoms with van der Waals surface area (Å²) in [7, 11) is 0. The predicted molar refractivity (Wildman–Crippen MR) is 73.3 cm³/mol. The molecule has 0 saturated carbocycles. The molecule has 0 amide bonds. The van der Waals surface area contributed by atoms with Gasteiger partial charge >= 0.3 is 0 Å². The molecule has 2 aromatic carbocycles. The van der Waals surface area contributed by atoms with Gasteiger partial charge in [0.05, 0.1) is 0 Å². The molecule has 0 bridgehead atoms. The van der Waals surface area contributed by atoms with Crippen molar-refractivity contribution in [1.82, 2.24) is 0 Å². The second kappa shape index (κ2) is 4.73. The topological polar surface area (TPSA) is 29.5 Å². The normalized spacial score (nSPS) is 11.3. The Morgan fingerprint density at radius 2 is 1.56 bits per heavy atom. The maximum atomic E-state index is 10.0. The highest BCUT2D eigenvalue weighted by Gasteiger charge is 2.18. The highest BCUT2D eigenvalue weighted by Crippen LogP contribution is 2.34. The minimum Gasteiger partial charge on any atom is -0.508 e. The Bertz CT molecular complexity index is 525. The molecular formula is C16H18O2. The maximum absolute atomic E-state index is 10.0. The lowest BCUT2D eigenvalue weighted by atomic mass is 9.86. The molecular weight excluding hydrogens is 224 g/mol. The Hall–Kier alpha value is -1.96. The van der Waals surface area contributed by atoms with Crippen molar-refractivity contribution < 1.29 is 9.84 Å². The SMILES string of the molecule is CC(C)(C)c1ccc(Oc2ccccc2)cc1O. The van der Waals surface area contributed by atoms with E-state index in [1.807, 2.05) is 42.5 Å². The van der Waals surface area contributed by atoms with Crippen molar-refractivity contribution in [2.45, 2.75) is 26.2 Å².